The molecule has 0 saturated heterocycles. The molecule has 11 rings (SSSR count). The Morgan fingerprint density at radius 2 is 0.774 bits per heavy atom. The number of hydrogen-bond donors (Lipinski definition) is 0. The minimum absolute atomic E-state index is 0.385. The molecular formula is C50H31N3. The second-order valence-corrected chi connectivity index (χ2v) is 13.9. The Kier molecular flexibility index (Phi) is 6.47. The standard InChI is InChI=1S/C50H31N3/c1-3-15-33(16-4-1)47-51-48(34-17-5-2-6-18-34)53-49(52-47)39-24-13-19-32-29-30-35(31-41(32)39)36-23-14-28-45-46(36)40-22-9-12-27-44(40)50(45)42-25-10-7-20-37(42)38-21-8-11-26-43(38)50/h1-31H. The number of benzene rings is 8. The van der Waals surface area contributed by atoms with Gasteiger partial charge in [-0.25, -0.2) is 15.0 Å². The van der Waals surface area contributed by atoms with Crippen LogP contribution in [0, 0.1) is 0 Å². The Morgan fingerprint density at radius 3 is 1.42 bits per heavy atom. The average Bonchev–Trinajstić information content (AvgIpc) is 3.71. The Hall–Kier alpha value is -6.97. The van der Waals surface area contributed by atoms with E-state index >= 15 is 0 Å². The van der Waals surface area contributed by atoms with E-state index in [2.05, 4.69) is 152 Å². The van der Waals surface area contributed by atoms with E-state index in [1.165, 1.54) is 50.1 Å². The summed E-state index contributed by atoms with van der Waals surface area (Å²) in [4.78, 5) is 15.2. The lowest BCUT2D eigenvalue weighted by Gasteiger charge is -2.30. The molecule has 0 saturated carbocycles. The summed E-state index contributed by atoms with van der Waals surface area (Å²) in [6.07, 6.45) is 0. The van der Waals surface area contributed by atoms with Crippen LogP contribution in [0.2, 0.25) is 0 Å². The molecule has 1 heterocycles. The summed E-state index contributed by atoms with van der Waals surface area (Å²) in [5.41, 5.74) is 15.5. The zero-order chi connectivity index (χ0) is 34.9. The molecule has 3 heteroatoms. The number of aromatic nitrogens is 3. The topological polar surface area (TPSA) is 38.7 Å². The van der Waals surface area contributed by atoms with Crippen molar-refractivity contribution in [3.8, 4) is 67.5 Å². The summed E-state index contributed by atoms with van der Waals surface area (Å²) in [5, 5.41) is 2.24. The first kappa shape index (κ1) is 29.7. The fraction of sp³-hybridized carbons (Fsp3) is 0.0200. The fourth-order valence-electron chi connectivity index (χ4n) is 8.95. The van der Waals surface area contributed by atoms with Crippen LogP contribution >= 0.6 is 0 Å². The molecule has 0 bridgehead atoms. The predicted octanol–water partition coefficient (Wildman–Crippen LogP) is 12.0. The van der Waals surface area contributed by atoms with Crippen molar-refractivity contribution in [1.29, 1.82) is 0 Å². The minimum Gasteiger partial charge on any atom is -0.208 e. The molecule has 3 nitrogen and oxygen atoms in total. The van der Waals surface area contributed by atoms with E-state index in [0.29, 0.717) is 17.5 Å². The maximum absolute atomic E-state index is 5.11. The molecule has 2 aliphatic rings. The van der Waals surface area contributed by atoms with Gasteiger partial charge in [0.05, 0.1) is 5.41 Å². The highest BCUT2D eigenvalue weighted by Crippen LogP contribution is 2.63. The Bertz CT molecular complexity index is 2790. The van der Waals surface area contributed by atoms with Crippen molar-refractivity contribution in [2.45, 2.75) is 5.41 Å². The summed E-state index contributed by atoms with van der Waals surface area (Å²) in [6, 6.07) is 67.4. The lowest BCUT2D eigenvalue weighted by atomic mass is 9.70. The maximum Gasteiger partial charge on any atom is 0.164 e. The highest BCUT2D eigenvalue weighted by Gasteiger charge is 2.51. The molecule has 0 aliphatic heterocycles. The second kappa shape index (κ2) is 11.5. The van der Waals surface area contributed by atoms with Gasteiger partial charge in [-0.1, -0.05) is 182 Å². The van der Waals surface area contributed by atoms with Crippen molar-refractivity contribution in [3.63, 3.8) is 0 Å². The van der Waals surface area contributed by atoms with E-state index < -0.39 is 0 Å². The Labute approximate surface area is 308 Å². The predicted molar refractivity (Wildman–Crippen MR) is 215 cm³/mol. The third kappa shape index (κ3) is 4.31. The Balaban J connectivity index is 1.14. The van der Waals surface area contributed by atoms with E-state index in [1.54, 1.807) is 0 Å². The third-order valence-electron chi connectivity index (χ3n) is 11.2. The molecule has 246 valence electrons. The van der Waals surface area contributed by atoms with Gasteiger partial charge in [0, 0.05) is 16.7 Å². The van der Waals surface area contributed by atoms with Crippen LogP contribution in [0.5, 0.6) is 0 Å². The van der Waals surface area contributed by atoms with Gasteiger partial charge >= 0.3 is 0 Å². The van der Waals surface area contributed by atoms with Gasteiger partial charge in [0.2, 0.25) is 0 Å². The number of fused-ring (bicyclic) bond motifs is 11. The number of nitrogens with zero attached hydrogens (tertiary/aromatic N) is 3. The van der Waals surface area contributed by atoms with Gasteiger partial charge in [-0.3, -0.25) is 0 Å². The van der Waals surface area contributed by atoms with Crippen LogP contribution in [0.1, 0.15) is 22.3 Å². The van der Waals surface area contributed by atoms with E-state index in [-0.39, 0.29) is 5.41 Å². The maximum atomic E-state index is 5.11. The van der Waals surface area contributed by atoms with Gasteiger partial charge in [-0.2, -0.15) is 0 Å². The van der Waals surface area contributed by atoms with E-state index in [1.807, 2.05) is 36.4 Å². The molecule has 0 atom stereocenters. The molecule has 2 aliphatic carbocycles. The largest absolute Gasteiger partial charge is 0.208 e. The summed E-state index contributed by atoms with van der Waals surface area (Å²) in [6.45, 7) is 0. The molecule has 9 aromatic rings. The van der Waals surface area contributed by atoms with Gasteiger partial charge < -0.3 is 0 Å². The summed E-state index contributed by atoms with van der Waals surface area (Å²) in [5.74, 6) is 1.97. The van der Waals surface area contributed by atoms with Crippen molar-refractivity contribution < 1.29 is 0 Å². The molecule has 0 fully saturated rings. The zero-order valence-electron chi connectivity index (χ0n) is 28.7. The highest BCUT2D eigenvalue weighted by atomic mass is 15.0. The summed E-state index contributed by atoms with van der Waals surface area (Å²) in [7, 11) is 0. The van der Waals surface area contributed by atoms with Gasteiger partial charge in [0.15, 0.2) is 17.5 Å². The van der Waals surface area contributed by atoms with Crippen LogP contribution in [-0.2, 0) is 5.41 Å². The van der Waals surface area contributed by atoms with Crippen LogP contribution in [0.25, 0.3) is 78.3 Å². The molecular weight excluding hydrogens is 643 g/mol. The van der Waals surface area contributed by atoms with Crippen molar-refractivity contribution in [2.24, 2.45) is 0 Å². The molecule has 0 N–H and O–H groups in total. The van der Waals surface area contributed by atoms with Crippen LogP contribution in [0.3, 0.4) is 0 Å². The lowest BCUT2D eigenvalue weighted by molar-refractivity contribution is 0.794. The van der Waals surface area contributed by atoms with Gasteiger partial charge in [-0.15, -0.1) is 0 Å². The average molecular weight is 674 g/mol. The minimum atomic E-state index is -0.385. The van der Waals surface area contributed by atoms with E-state index in [4.69, 9.17) is 15.0 Å². The van der Waals surface area contributed by atoms with Gasteiger partial charge in [0.25, 0.3) is 0 Å². The summed E-state index contributed by atoms with van der Waals surface area (Å²) < 4.78 is 0. The molecule has 53 heavy (non-hydrogen) atoms. The van der Waals surface area contributed by atoms with Crippen molar-refractivity contribution in [1.82, 2.24) is 15.0 Å². The lowest BCUT2D eigenvalue weighted by Crippen LogP contribution is -2.25. The number of hydrogen-bond acceptors (Lipinski definition) is 3. The van der Waals surface area contributed by atoms with Crippen molar-refractivity contribution in [2.75, 3.05) is 0 Å². The number of rotatable bonds is 4. The monoisotopic (exact) mass is 673 g/mol. The molecule has 8 aromatic carbocycles. The smallest absolute Gasteiger partial charge is 0.164 e. The quantitative estimate of drug-likeness (QED) is 0.187. The van der Waals surface area contributed by atoms with Gasteiger partial charge in [-0.05, 0) is 72.5 Å². The molecule has 0 amide bonds. The molecule has 0 radical (unpaired) electrons. The first-order valence-corrected chi connectivity index (χ1v) is 18.1. The summed E-state index contributed by atoms with van der Waals surface area (Å²) >= 11 is 0. The first-order chi connectivity index (χ1) is 26.3. The van der Waals surface area contributed by atoms with E-state index in [9.17, 15) is 0 Å². The van der Waals surface area contributed by atoms with Crippen molar-refractivity contribution in [3.05, 3.63) is 210 Å². The molecule has 1 spiro atoms. The highest BCUT2D eigenvalue weighted by molar-refractivity contribution is 6.03. The van der Waals surface area contributed by atoms with Crippen LogP contribution in [0.15, 0.2) is 188 Å². The van der Waals surface area contributed by atoms with E-state index in [0.717, 1.165) is 33.0 Å². The molecule has 1 aromatic heterocycles. The molecule has 0 unspecified atom stereocenters. The first-order valence-electron chi connectivity index (χ1n) is 18.1. The van der Waals surface area contributed by atoms with Crippen molar-refractivity contribution >= 4 is 10.8 Å². The normalized spacial score (nSPS) is 13.1. The third-order valence-corrected chi connectivity index (χ3v) is 11.2. The van der Waals surface area contributed by atoms with Crippen LogP contribution < -0.4 is 0 Å². The Morgan fingerprint density at radius 1 is 0.302 bits per heavy atom. The van der Waals surface area contributed by atoms with Crippen LogP contribution in [-0.4, -0.2) is 15.0 Å². The van der Waals surface area contributed by atoms with Crippen LogP contribution in [0.4, 0.5) is 0 Å². The SMILES string of the molecule is c1ccc(-c2nc(-c3ccccc3)nc(-c3cccc4ccc(-c5cccc6c5-c5ccccc5C65c6ccccc6-c6ccccc65)cc34)n2)cc1. The second-order valence-electron chi connectivity index (χ2n) is 13.9. The zero-order valence-corrected chi connectivity index (χ0v) is 28.7. The van der Waals surface area contributed by atoms with Gasteiger partial charge in [0.1, 0.15) is 0 Å². The fourth-order valence-corrected chi connectivity index (χ4v) is 8.95.